The van der Waals surface area contributed by atoms with E-state index in [0.717, 1.165) is 5.92 Å². The molecule has 0 nitrogen and oxygen atoms in total. The Balaban J connectivity index is 0.000000205. The molecule has 2 saturated carbocycles. The molecular weight excluding hydrogens is 248 g/mol. The molecule has 1 heteroatoms. The minimum atomic E-state index is 0. The standard InChI is InChI=1S/C11H14.C5H10.Fe/c1-2-6-10(7-3-1)11-8-4-5-9-11;1-2-4-5-3-1;/h1-3,6-7,11H,4-5,8-9H2;1-5H2;. The van der Waals surface area contributed by atoms with Crippen molar-refractivity contribution in [3.05, 3.63) is 35.9 Å². The molecule has 0 N–H and O–H groups in total. The van der Waals surface area contributed by atoms with Gasteiger partial charge in [-0.3, -0.25) is 0 Å². The topological polar surface area (TPSA) is 0 Å². The van der Waals surface area contributed by atoms with Crippen molar-refractivity contribution in [1.29, 1.82) is 0 Å². The molecule has 2 fully saturated rings. The maximum absolute atomic E-state index is 2.26. The van der Waals surface area contributed by atoms with Crippen molar-refractivity contribution in [3.63, 3.8) is 0 Å². The van der Waals surface area contributed by atoms with E-state index < -0.39 is 0 Å². The van der Waals surface area contributed by atoms with Gasteiger partial charge in [0.1, 0.15) is 0 Å². The fourth-order valence-electron chi connectivity index (χ4n) is 2.87. The van der Waals surface area contributed by atoms with Gasteiger partial charge in [-0.25, -0.2) is 0 Å². The van der Waals surface area contributed by atoms with Gasteiger partial charge in [-0.05, 0) is 24.3 Å². The molecule has 2 aliphatic rings. The molecule has 0 atom stereocenters. The van der Waals surface area contributed by atoms with Crippen molar-refractivity contribution >= 4 is 0 Å². The van der Waals surface area contributed by atoms with Crippen LogP contribution in [0.2, 0.25) is 0 Å². The van der Waals surface area contributed by atoms with E-state index in [1.54, 1.807) is 5.56 Å². The molecule has 1 aromatic carbocycles. The van der Waals surface area contributed by atoms with Crippen LogP contribution in [-0.2, 0) is 17.1 Å². The van der Waals surface area contributed by atoms with Gasteiger partial charge in [-0.15, -0.1) is 0 Å². The largest absolute Gasteiger partial charge is 0.0622 e. The van der Waals surface area contributed by atoms with Crippen molar-refractivity contribution < 1.29 is 17.1 Å². The zero-order chi connectivity index (χ0) is 11.1. The summed E-state index contributed by atoms with van der Waals surface area (Å²) in [5.74, 6) is 0.871. The first kappa shape index (κ1) is 14.8. The van der Waals surface area contributed by atoms with Crippen LogP contribution >= 0.6 is 0 Å². The quantitative estimate of drug-likeness (QED) is 0.609. The van der Waals surface area contributed by atoms with Gasteiger partial charge in [0.05, 0.1) is 0 Å². The smallest absolute Gasteiger partial charge is 0 e. The second-order valence-electron chi connectivity index (χ2n) is 5.16. The van der Waals surface area contributed by atoms with Crippen molar-refractivity contribution in [2.45, 2.75) is 63.7 Å². The molecule has 96 valence electrons. The van der Waals surface area contributed by atoms with Crippen LogP contribution in [-0.4, -0.2) is 0 Å². The molecule has 0 amide bonds. The first-order valence-electron chi connectivity index (χ1n) is 7.02. The molecule has 0 bridgehead atoms. The SMILES string of the molecule is C1CCCC1.[Fe].c1ccc(C2CCCC2)cc1. The molecule has 1 aromatic rings. The Morgan fingerprint density at radius 3 is 1.59 bits per heavy atom. The van der Waals surface area contributed by atoms with Gasteiger partial charge >= 0.3 is 0 Å². The Morgan fingerprint density at radius 1 is 0.647 bits per heavy atom. The maximum atomic E-state index is 2.26. The maximum Gasteiger partial charge on any atom is 0 e. The van der Waals surface area contributed by atoms with Crippen LogP contribution in [0, 0.1) is 0 Å². The third-order valence-electron chi connectivity index (χ3n) is 3.88. The van der Waals surface area contributed by atoms with Crippen LogP contribution in [0.4, 0.5) is 0 Å². The van der Waals surface area contributed by atoms with E-state index in [9.17, 15) is 0 Å². The van der Waals surface area contributed by atoms with Gasteiger partial charge in [0.25, 0.3) is 0 Å². The second-order valence-corrected chi connectivity index (χ2v) is 5.16. The molecule has 0 spiro atoms. The van der Waals surface area contributed by atoms with Crippen molar-refractivity contribution in [2.75, 3.05) is 0 Å². The van der Waals surface area contributed by atoms with E-state index in [1.807, 2.05) is 0 Å². The van der Waals surface area contributed by atoms with Crippen molar-refractivity contribution in [1.82, 2.24) is 0 Å². The second kappa shape index (κ2) is 8.78. The van der Waals surface area contributed by atoms with Crippen LogP contribution in [0.5, 0.6) is 0 Å². The molecule has 0 aliphatic heterocycles. The van der Waals surface area contributed by atoms with Crippen LogP contribution in [0.15, 0.2) is 30.3 Å². The first-order chi connectivity index (χ1) is 7.97. The molecule has 0 radical (unpaired) electrons. The average Bonchev–Trinajstić information content (AvgIpc) is 3.07. The fraction of sp³-hybridized carbons (Fsp3) is 0.625. The first-order valence-corrected chi connectivity index (χ1v) is 7.02. The van der Waals surface area contributed by atoms with Gasteiger partial charge < -0.3 is 0 Å². The van der Waals surface area contributed by atoms with E-state index in [0.29, 0.717) is 0 Å². The zero-order valence-corrected chi connectivity index (χ0v) is 11.8. The van der Waals surface area contributed by atoms with Crippen LogP contribution in [0.25, 0.3) is 0 Å². The van der Waals surface area contributed by atoms with Gasteiger partial charge in [-0.1, -0.05) is 75.3 Å². The number of rotatable bonds is 1. The Labute approximate surface area is 117 Å². The third-order valence-corrected chi connectivity index (χ3v) is 3.88. The number of benzene rings is 1. The van der Waals surface area contributed by atoms with Crippen LogP contribution < -0.4 is 0 Å². The summed E-state index contributed by atoms with van der Waals surface area (Å²) >= 11 is 0. The number of hydrogen-bond acceptors (Lipinski definition) is 0. The van der Waals surface area contributed by atoms with E-state index in [2.05, 4.69) is 30.3 Å². The molecule has 0 unspecified atom stereocenters. The van der Waals surface area contributed by atoms with Crippen molar-refractivity contribution in [3.8, 4) is 0 Å². The Hall–Kier alpha value is -0.261. The average molecular weight is 272 g/mol. The number of hydrogen-bond donors (Lipinski definition) is 0. The predicted molar refractivity (Wildman–Crippen MR) is 70.7 cm³/mol. The summed E-state index contributed by atoms with van der Waals surface area (Å²) < 4.78 is 0. The monoisotopic (exact) mass is 272 g/mol. The minimum Gasteiger partial charge on any atom is -0.0622 e. The van der Waals surface area contributed by atoms with Crippen LogP contribution in [0.1, 0.15) is 69.3 Å². The fourth-order valence-corrected chi connectivity index (χ4v) is 2.87. The predicted octanol–water partition coefficient (Wildman–Crippen LogP) is 5.29. The van der Waals surface area contributed by atoms with Gasteiger partial charge in [0.2, 0.25) is 0 Å². The summed E-state index contributed by atoms with van der Waals surface area (Å²) in [6.07, 6.45) is 13.2. The molecule has 0 saturated heterocycles. The molecular formula is C16H24Fe. The zero-order valence-electron chi connectivity index (χ0n) is 10.7. The molecule has 0 heterocycles. The summed E-state index contributed by atoms with van der Waals surface area (Å²) in [5, 5.41) is 0. The Morgan fingerprint density at radius 2 is 1.12 bits per heavy atom. The van der Waals surface area contributed by atoms with Gasteiger partial charge in [0, 0.05) is 17.1 Å². The summed E-state index contributed by atoms with van der Waals surface area (Å²) in [5.41, 5.74) is 1.55. The molecule has 17 heavy (non-hydrogen) atoms. The Bertz CT molecular complexity index is 263. The normalized spacial score (nSPS) is 19.3. The van der Waals surface area contributed by atoms with E-state index in [1.165, 1.54) is 57.8 Å². The minimum absolute atomic E-state index is 0. The Kier molecular flexibility index (Phi) is 7.64. The molecule has 0 aromatic heterocycles. The van der Waals surface area contributed by atoms with Crippen molar-refractivity contribution in [2.24, 2.45) is 0 Å². The molecule has 2 aliphatic carbocycles. The van der Waals surface area contributed by atoms with Crippen LogP contribution in [0.3, 0.4) is 0 Å². The summed E-state index contributed by atoms with van der Waals surface area (Å²) in [7, 11) is 0. The van der Waals surface area contributed by atoms with Gasteiger partial charge in [0.15, 0.2) is 0 Å². The van der Waals surface area contributed by atoms with E-state index in [4.69, 9.17) is 0 Å². The summed E-state index contributed by atoms with van der Waals surface area (Å²) in [6.45, 7) is 0. The summed E-state index contributed by atoms with van der Waals surface area (Å²) in [4.78, 5) is 0. The van der Waals surface area contributed by atoms with E-state index >= 15 is 0 Å². The third kappa shape index (κ3) is 5.27. The van der Waals surface area contributed by atoms with Gasteiger partial charge in [-0.2, -0.15) is 0 Å². The summed E-state index contributed by atoms with van der Waals surface area (Å²) in [6, 6.07) is 10.9. The molecule has 3 rings (SSSR count). The van der Waals surface area contributed by atoms with E-state index in [-0.39, 0.29) is 17.1 Å².